The second-order valence-corrected chi connectivity index (χ2v) is 1.81. The van der Waals surface area contributed by atoms with E-state index in [1.807, 2.05) is 0 Å². The molecule has 3 nitrogen and oxygen atoms in total. The maximum atomic E-state index is 3.82. The predicted octanol–water partition coefficient (Wildman–Crippen LogP) is 1.13. The average Bonchev–Trinajstić information content (AvgIpc) is 2.14. The first-order valence-corrected chi connectivity index (χ1v) is 2.86. The standard InChI is InChI=1S/C3H5N3S/c1-4-3-2-7-6-5-3/h2H2,1H3. The molecule has 0 bridgehead atoms. The van der Waals surface area contributed by atoms with Crippen LogP contribution in [0.5, 0.6) is 0 Å². The SMILES string of the molecule is CN=C1CSN=N1. The van der Waals surface area contributed by atoms with Crippen molar-refractivity contribution < 1.29 is 0 Å². The van der Waals surface area contributed by atoms with E-state index in [0.717, 1.165) is 11.6 Å². The first kappa shape index (κ1) is 4.77. The van der Waals surface area contributed by atoms with Crippen molar-refractivity contribution in [1.29, 1.82) is 0 Å². The normalized spacial score (nSPS) is 24.4. The molecule has 1 heterocycles. The van der Waals surface area contributed by atoms with Crippen molar-refractivity contribution in [2.75, 3.05) is 12.8 Å². The molecule has 0 atom stereocenters. The van der Waals surface area contributed by atoms with Crippen LogP contribution in [0.15, 0.2) is 14.6 Å². The molecule has 0 saturated heterocycles. The predicted molar refractivity (Wildman–Crippen MR) is 30.7 cm³/mol. The molecule has 0 spiro atoms. The van der Waals surface area contributed by atoms with Crippen molar-refractivity contribution in [1.82, 2.24) is 0 Å². The lowest BCUT2D eigenvalue weighted by molar-refractivity contribution is 1.34. The van der Waals surface area contributed by atoms with E-state index in [0.29, 0.717) is 0 Å². The second-order valence-electron chi connectivity index (χ2n) is 1.09. The van der Waals surface area contributed by atoms with Gasteiger partial charge in [-0.1, -0.05) is 0 Å². The van der Waals surface area contributed by atoms with Gasteiger partial charge in [-0.2, -0.15) is 0 Å². The number of nitrogens with zero attached hydrogens (tertiary/aromatic N) is 3. The minimum absolute atomic E-state index is 0.838. The molecule has 0 aromatic carbocycles. The number of amidine groups is 1. The summed E-state index contributed by atoms with van der Waals surface area (Å²) in [6, 6.07) is 0. The highest BCUT2D eigenvalue weighted by molar-refractivity contribution is 7.98. The van der Waals surface area contributed by atoms with Gasteiger partial charge >= 0.3 is 0 Å². The zero-order valence-corrected chi connectivity index (χ0v) is 4.77. The zero-order chi connectivity index (χ0) is 5.11. The molecule has 4 heteroatoms. The Labute approximate surface area is 46.1 Å². The molecule has 1 rings (SSSR count). The van der Waals surface area contributed by atoms with Gasteiger partial charge in [0.05, 0.1) is 5.75 Å². The van der Waals surface area contributed by atoms with Crippen molar-refractivity contribution in [3.05, 3.63) is 0 Å². The van der Waals surface area contributed by atoms with E-state index >= 15 is 0 Å². The van der Waals surface area contributed by atoms with Gasteiger partial charge in [-0.25, -0.2) is 0 Å². The van der Waals surface area contributed by atoms with Gasteiger partial charge in [-0.15, -0.1) is 9.63 Å². The number of rotatable bonds is 0. The van der Waals surface area contributed by atoms with Crippen LogP contribution in [0, 0.1) is 0 Å². The quantitative estimate of drug-likeness (QED) is 0.436. The van der Waals surface area contributed by atoms with E-state index in [4.69, 9.17) is 0 Å². The summed E-state index contributed by atoms with van der Waals surface area (Å²) in [5.74, 6) is 1.68. The maximum absolute atomic E-state index is 3.82. The van der Waals surface area contributed by atoms with Gasteiger partial charge in [0.25, 0.3) is 0 Å². The van der Waals surface area contributed by atoms with E-state index in [1.54, 1.807) is 7.05 Å². The molecule has 7 heavy (non-hydrogen) atoms. The number of hydrogen-bond acceptors (Lipinski definition) is 3. The minimum atomic E-state index is 0.838. The Balaban J connectivity index is 2.59. The summed E-state index contributed by atoms with van der Waals surface area (Å²) in [4.78, 5) is 3.82. The second kappa shape index (κ2) is 2.07. The van der Waals surface area contributed by atoms with Gasteiger partial charge in [-0.3, -0.25) is 4.99 Å². The van der Waals surface area contributed by atoms with Crippen LogP contribution < -0.4 is 0 Å². The Morgan fingerprint density at radius 3 is 3.00 bits per heavy atom. The van der Waals surface area contributed by atoms with E-state index in [-0.39, 0.29) is 0 Å². The van der Waals surface area contributed by atoms with Crippen LogP contribution in [0.1, 0.15) is 0 Å². The summed E-state index contributed by atoms with van der Waals surface area (Å²) < 4.78 is 3.65. The monoisotopic (exact) mass is 115 g/mol. The summed E-state index contributed by atoms with van der Waals surface area (Å²) in [7, 11) is 1.72. The van der Waals surface area contributed by atoms with Gasteiger partial charge in [-0.05, 0) is 0 Å². The molecule has 0 N–H and O–H groups in total. The topological polar surface area (TPSA) is 37.1 Å². The third kappa shape index (κ3) is 0.991. The van der Waals surface area contributed by atoms with Crippen LogP contribution >= 0.6 is 11.9 Å². The van der Waals surface area contributed by atoms with Crippen molar-refractivity contribution >= 4 is 17.8 Å². The Morgan fingerprint density at radius 2 is 2.71 bits per heavy atom. The van der Waals surface area contributed by atoms with Gasteiger partial charge in [0.2, 0.25) is 0 Å². The first-order chi connectivity index (χ1) is 3.43. The Hall–Kier alpha value is -0.380. The summed E-state index contributed by atoms with van der Waals surface area (Å²) in [5, 5.41) is 3.69. The molecular weight excluding hydrogens is 110 g/mol. The van der Waals surface area contributed by atoms with E-state index in [2.05, 4.69) is 14.6 Å². The highest BCUT2D eigenvalue weighted by Gasteiger charge is 2.01. The minimum Gasteiger partial charge on any atom is -0.272 e. The fraction of sp³-hybridized carbons (Fsp3) is 0.667. The summed E-state index contributed by atoms with van der Waals surface area (Å²) in [6.07, 6.45) is 0. The van der Waals surface area contributed by atoms with Crippen LogP contribution in [0.4, 0.5) is 0 Å². The fourth-order valence-corrected chi connectivity index (χ4v) is 0.813. The van der Waals surface area contributed by atoms with Crippen LogP contribution in [0.25, 0.3) is 0 Å². The van der Waals surface area contributed by atoms with Crippen LogP contribution in [0.2, 0.25) is 0 Å². The van der Waals surface area contributed by atoms with Crippen molar-refractivity contribution in [3.8, 4) is 0 Å². The lowest BCUT2D eigenvalue weighted by Crippen LogP contribution is -1.88. The lowest BCUT2D eigenvalue weighted by atomic mass is 10.7. The maximum Gasteiger partial charge on any atom is 0.158 e. The largest absolute Gasteiger partial charge is 0.272 e. The lowest BCUT2D eigenvalue weighted by Gasteiger charge is -1.77. The average molecular weight is 115 g/mol. The zero-order valence-electron chi connectivity index (χ0n) is 3.96. The van der Waals surface area contributed by atoms with Gasteiger partial charge in [0, 0.05) is 19.0 Å². The molecule has 1 aliphatic heterocycles. The molecule has 0 aromatic rings. The smallest absolute Gasteiger partial charge is 0.158 e. The Kier molecular flexibility index (Phi) is 1.41. The summed E-state index contributed by atoms with van der Waals surface area (Å²) in [6.45, 7) is 0. The van der Waals surface area contributed by atoms with Crippen LogP contribution in [0.3, 0.4) is 0 Å². The van der Waals surface area contributed by atoms with Crippen molar-refractivity contribution in [2.45, 2.75) is 0 Å². The number of aliphatic imine (C=N–C) groups is 1. The molecule has 0 aliphatic carbocycles. The van der Waals surface area contributed by atoms with Gasteiger partial charge in [0.15, 0.2) is 5.84 Å². The van der Waals surface area contributed by atoms with E-state index < -0.39 is 0 Å². The van der Waals surface area contributed by atoms with Crippen LogP contribution in [-0.4, -0.2) is 18.6 Å². The molecule has 0 saturated carbocycles. The molecule has 1 aliphatic rings. The van der Waals surface area contributed by atoms with E-state index in [9.17, 15) is 0 Å². The third-order valence-corrected chi connectivity index (χ3v) is 1.25. The van der Waals surface area contributed by atoms with Gasteiger partial charge < -0.3 is 0 Å². The molecule has 0 aromatic heterocycles. The van der Waals surface area contributed by atoms with E-state index in [1.165, 1.54) is 11.9 Å². The summed E-state index contributed by atoms with van der Waals surface area (Å²) >= 11 is 1.43. The molecule has 0 amide bonds. The van der Waals surface area contributed by atoms with Crippen molar-refractivity contribution in [3.63, 3.8) is 0 Å². The third-order valence-electron chi connectivity index (χ3n) is 0.666. The Morgan fingerprint density at radius 1 is 1.86 bits per heavy atom. The highest BCUT2D eigenvalue weighted by Crippen LogP contribution is 2.11. The summed E-state index contributed by atoms with van der Waals surface area (Å²) in [5.41, 5.74) is 0. The number of hydrogen-bond donors (Lipinski definition) is 0. The molecule has 0 radical (unpaired) electrons. The Bertz CT molecular complexity index is 115. The highest BCUT2D eigenvalue weighted by atomic mass is 32.2. The molecule has 0 unspecified atom stereocenters. The molecule has 0 fully saturated rings. The fourth-order valence-electron chi connectivity index (χ4n) is 0.301. The molecular formula is C3H5N3S. The first-order valence-electron chi connectivity index (χ1n) is 1.92. The van der Waals surface area contributed by atoms with Crippen molar-refractivity contribution in [2.24, 2.45) is 14.6 Å². The van der Waals surface area contributed by atoms with Crippen LogP contribution in [-0.2, 0) is 0 Å². The molecule has 38 valence electrons. The van der Waals surface area contributed by atoms with Gasteiger partial charge in [0.1, 0.15) is 0 Å².